The van der Waals surface area contributed by atoms with E-state index in [1.165, 1.54) is 25.9 Å². The van der Waals surface area contributed by atoms with Crippen molar-refractivity contribution in [1.82, 2.24) is 9.80 Å². The highest BCUT2D eigenvalue weighted by Crippen LogP contribution is 2.46. The summed E-state index contributed by atoms with van der Waals surface area (Å²) in [6, 6.07) is 0. The van der Waals surface area contributed by atoms with E-state index in [0.717, 1.165) is 18.8 Å². The molecule has 3 nitrogen and oxygen atoms in total. The molecule has 0 amide bonds. The summed E-state index contributed by atoms with van der Waals surface area (Å²) in [4.78, 5) is 17.3. The van der Waals surface area contributed by atoms with E-state index in [1.54, 1.807) is 6.92 Å². The molecule has 2 unspecified atom stereocenters. The lowest BCUT2D eigenvalue weighted by Crippen LogP contribution is -2.54. The highest BCUT2D eigenvalue weighted by atomic mass is 32.3. The summed E-state index contributed by atoms with van der Waals surface area (Å²) in [5.41, 5.74) is 0.205. The summed E-state index contributed by atoms with van der Waals surface area (Å²) >= 11 is 0. The predicted molar refractivity (Wildman–Crippen MR) is 90.1 cm³/mol. The zero-order valence-electron chi connectivity index (χ0n) is 14.2. The van der Waals surface area contributed by atoms with Gasteiger partial charge in [-0.15, -0.1) is 0 Å². The molecule has 118 valence electrons. The molecule has 0 aliphatic carbocycles. The van der Waals surface area contributed by atoms with Crippen LogP contribution in [0.3, 0.4) is 0 Å². The lowest BCUT2D eigenvalue weighted by Gasteiger charge is -2.43. The van der Waals surface area contributed by atoms with Crippen LogP contribution in [0.4, 0.5) is 0 Å². The van der Waals surface area contributed by atoms with Crippen molar-refractivity contribution in [3.05, 3.63) is 0 Å². The first-order valence-electron chi connectivity index (χ1n) is 7.67. The molecule has 0 saturated carbocycles. The van der Waals surface area contributed by atoms with Gasteiger partial charge in [-0.2, -0.15) is 0 Å². The first-order chi connectivity index (χ1) is 9.06. The Morgan fingerprint density at radius 1 is 1.20 bits per heavy atom. The third kappa shape index (κ3) is 3.23. The van der Waals surface area contributed by atoms with Gasteiger partial charge >= 0.3 is 0 Å². The third-order valence-corrected chi connectivity index (χ3v) is 6.67. The van der Waals surface area contributed by atoms with Gasteiger partial charge in [0.1, 0.15) is 0 Å². The van der Waals surface area contributed by atoms with E-state index in [1.807, 2.05) is 0 Å². The molecular weight excluding hydrogens is 268 g/mol. The van der Waals surface area contributed by atoms with Crippen LogP contribution in [0.5, 0.6) is 0 Å². The Labute approximate surface area is 126 Å². The van der Waals surface area contributed by atoms with Gasteiger partial charge in [0.2, 0.25) is 0 Å². The van der Waals surface area contributed by atoms with Gasteiger partial charge in [0, 0.05) is 18.8 Å². The number of carbonyl (C=O) groups excluding carboxylic acids is 1. The van der Waals surface area contributed by atoms with E-state index < -0.39 is 10.0 Å². The zero-order chi connectivity index (χ0) is 15.2. The van der Waals surface area contributed by atoms with Crippen molar-refractivity contribution in [3.8, 4) is 0 Å². The number of rotatable bonds is 4. The molecule has 2 saturated heterocycles. The largest absolute Gasteiger partial charge is 0.306 e. The molecular formula is C16H32N2OS. The summed E-state index contributed by atoms with van der Waals surface area (Å²) in [5, 5.41) is 0. The minimum absolute atomic E-state index is 0.252. The molecule has 20 heavy (non-hydrogen) atoms. The fourth-order valence-corrected chi connectivity index (χ4v) is 6.18. The molecule has 0 N–H and O–H groups in total. The Bertz CT molecular complexity index is 392. The Hall–Kier alpha value is -0.0600. The van der Waals surface area contributed by atoms with Crippen LogP contribution in [0.2, 0.25) is 0 Å². The van der Waals surface area contributed by atoms with Gasteiger partial charge in [-0.05, 0) is 71.0 Å². The topological polar surface area (TPSA) is 23.6 Å². The summed E-state index contributed by atoms with van der Waals surface area (Å²) in [6.07, 6.45) is 9.53. The summed E-state index contributed by atoms with van der Waals surface area (Å²) in [7, 11) is 1.54. The van der Waals surface area contributed by atoms with Crippen LogP contribution in [-0.2, 0) is 4.79 Å². The standard InChI is InChI=1S/C16H32N2OS/c1-14(19)15(2,13-20(4,5)6)18-10-8-16(12-18)7-9-17(3)11-16/h7-13H2,1-6H3. The van der Waals surface area contributed by atoms with Gasteiger partial charge in [-0.1, -0.05) is 0 Å². The molecule has 2 fully saturated rings. The third-order valence-electron chi connectivity index (χ3n) is 5.24. The van der Waals surface area contributed by atoms with E-state index in [9.17, 15) is 4.79 Å². The highest BCUT2D eigenvalue weighted by molar-refractivity contribution is 8.32. The molecule has 0 radical (unpaired) electrons. The van der Waals surface area contributed by atoms with Crippen molar-refractivity contribution < 1.29 is 4.79 Å². The maximum absolute atomic E-state index is 12.4. The average Bonchev–Trinajstić information content (AvgIpc) is 2.84. The summed E-state index contributed by atoms with van der Waals surface area (Å²) in [6.45, 7) is 8.61. The smallest absolute Gasteiger partial charge is 0.150 e. The fraction of sp³-hybridized carbons (Fsp3) is 0.938. The summed E-state index contributed by atoms with van der Waals surface area (Å²) < 4.78 is 0. The molecule has 0 aromatic heterocycles. The maximum Gasteiger partial charge on any atom is 0.150 e. The molecule has 1 spiro atoms. The van der Waals surface area contributed by atoms with Crippen molar-refractivity contribution in [2.45, 2.75) is 32.2 Å². The number of likely N-dealkylation sites (tertiary alicyclic amines) is 2. The quantitative estimate of drug-likeness (QED) is 0.794. The number of hydrogen-bond acceptors (Lipinski definition) is 3. The molecule has 2 heterocycles. The fourth-order valence-electron chi connectivity index (χ4n) is 4.11. The molecule has 2 rings (SSSR count). The molecule has 0 bridgehead atoms. The van der Waals surface area contributed by atoms with Crippen LogP contribution in [-0.4, -0.2) is 78.9 Å². The molecule has 4 heteroatoms. The first-order valence-corrected chi connectivity index (χ1v) is 10.7. The number of hydrogen-bond donors (Lipinski definition) is 0. The van der Waals surface area contributed by atoms with Crippen molar-refractivity contribution in [2.24, 2.45) is 5.41 Å². The highest BCUT2D eigenvalue weighted by Gasteiger charge is 2.49. The molecule has 0 aromatic carbocycles. The van der Waals surface area contributed by atoms with Gasteiger partial charge in [0.05, 0.1) is 5.54 Å². The minimum Gasteiger partial charge on any atom is -0.306 e. The van der Waals surface area contributed by atoms with Crippen LogP contribution in [0.15, 0.2) is 0 Å². The zero-order valence-corrected chi connectivity index (χ0v) is 15.0. The van der Waals surface area contributed by atoms with Crippen molar-refractivity contribution >= 4 is 15.8 Å². The van der Waals surface area contributed by atoms with E-state index in [0.29, 0.717) is 11.2 Å². The second-order valence-corrected chi connectivity index (χ2v) is 12.7. The minimum atomic E-state index is -0.683. The van der Waals surface area contributed by atoms with Gasteiger partial charge in [-0.25, -0.2) is 10.0 Å². The van der Waals surface area contributed by atoms with Crippen LogP contribution < -0.4 is 0 Å². The second kappa shape index (κ2) is 5.29. The lowest BCUT2D eigenvalue weighted by atomic mass is 9.86. The summed E-state index contributed by atoms with van der Waals surface area (Å²) in [5.74, 6) is 1.38. The van der Waals surface area contributed by atoms with Crippen molar-refractivity contribution in [2.75, 3.05) is 57.7 Å². The van der Waals surface area contributed by atoms with Gasteiger partial charge in [0.15, 0.2) is 5.78 Å². The Morgan fingerprint density at radius 2 is 1.80 bits per heavy atom. The molecule has 2 aliphatic rings. The van der Waals surface area contributed by atoms with Crippen molar-refractivity contribution in [3.63, 3.8) is 0 Å². The van der Waals surface area contributed by atoms with Gasteiger partial charge < -0.3 is 4.90 Å². The molecule has 2 aliphatic heterocycles. The van der Waals surface area contributed by atoms with Gasteiger partial charge in [-0.3, -0.25) is 9.69 Å². The number of ketones is 1. The molecule has 2 atom stereocenters. The number of Topliss-reactive ketones (excluding diaryl/α,β-unsaturated/α-hetero) is 1. The van der Waals surface area contributed by atoms with E-state index in [2.05, 4.69) is 42.5 Å². The maximum atomic E-state index is 12.4. The molecule has 0 aromatic rings. The number of nitrogens with zero attached hydrogens (tertiary/aromatic N) is 2. The predicted octanol–water partition coefficient (Wildman–Crippen LogP) is 2.06. The van der Waals surface area contributed by atoms with Crippen LogP contribution >= 0.6 is 10.0 Å². The Morgan fingerprint density at radius 3 is 2.25 bits per heavy atom. The van der Waals surface area contributed by atoms with Crippen LogP contribution in [0.1, 0.15) is 26.7 Å². The first kappa shape index (κ1) is 16.3. The van der Waals surface area contributed by atoms with E-state index >= 15 is 0 Å². The van der Waals surface area contributed by atoms with Crippen LogP contribution in [0, 0.1) is 5.41 Å². The SMILES string of the molecule is CC(=O)C(C)(CS(C)(C)C)N1CCC2(CCN(C)C2)C1. The Kier molecular flexibility index (Phi) is 4.32. The van der Waals surface area contributed by atoms with Crippen LogP contribution in [0.25, 0.3) is 0 Å². The van der Waals surface area contributed by atoms with Gasteiger partial charge in [0.25, 0.3) is 0 Å². The van der Waals surface area contributed by atoms with E-state index in [-0.39, 0.29) is 5.54 Å². The number of carbonyl (C=O) groups is 1. The van der Waals surface area contributed by atoms with Crippen molar-refractivity contribution in [1.29, 1.82) is 0 Å². The Balaban J connectivity index is 2.14. The average molecular weight is 301 g/mol. The van der Waals surface area contributed by atoms with E-state index in [4.69, 9.17) is 0 Å². The monoisotopic (exact) mass is 300 g/mol. The normalized spacial score (nSPS) is 32.7. The second-order valence-electron chi connectivity index (χ2n) is 8.22. The lowest BCUT2D eigenvalue weighted by molar-refractivity contribution is -0.126.